The molecule has 1 rings (SSSR count). The molecule has 18 heavy (non-hydrogen) atoms. The molecule has 0 heterocycles. The highest BCUT2D eigenvalue weighted by atomic mass is 16.5. The minimum absolute atomic E-state index is 0.200. The number of benzene rings is 1. The van der Waals surface area contributed by atoms with E-state index in [0.717, 1.165) is 11.3 Å². The minimum Gasteiger partial charge on any atom is -0.374 e. The molecule has 1 aromatic carbocycles. The van der Waals surface area contributed by atoms with E-state index < -0.39 is 5.54 Å². The fourth-order valence-corrected chi connectivity index (χ4v) is 1.24. The number of anilines is 1. The smallest absolute Gasteiger partial charge is 0.243 e. The summed E-state index contributed by atoms with van der Waals surface area (Å²) in [5, 5.41) is 2.77. The van der Waals surface area contributed by atoms with Crippen molar-refractivity contribution in [3.63, 3.8) is 0 Å². The molecule has 100 valence electrons. The van der Waals surface area contributed by atoms with Crippen LogP contribution in [0.5, 0.6) is 0 Å². The van der Waals surface area contributed by atoms with Gasteiger partial charge < -0.3 is 15.8 Å². The number of hydrogen-bond acceptors (Lipinski definition) is 3. The fourth-order valence-electron chi connectivity index (χ4n) is 1.24. The van der Waals surface area contributed by atoms with E-state index in [2.05, 4.69) is 5.32 Å². The standard InChI is InChI=1S/C14H22N2O2/c1-10(2)18-9-11-5-7-12(8-6-11)16-13(17)14(3,4)15/h5-8,10H,9,15H2,1-4H3,(H,16,17). The van der Waals surface area contributed by atoms with Crippen LogP contribution < -0.4 is 11.1 Å². The first kappa shape index (κ1) is 14.7. The van der Waals surface area contributed by atoms with Crippen molar-refractivity contribution in [2.45, 2.75) is 45.9 Å². The van der Waals surface area contributed by atoms with Crippen LogP contribution in [0.4, 0.5) is 5.69 Å². The molecule has 0 unspecified atom stereocenters. The van der Waals surface area contributed by atoms with Crippen molar-refractivity contribution in [1.82, 2.24) is 0 Å². The molecule has 4 nitrogen and oxygen atoms in total. The summed E-state index contributed by atoms with van der Waals surface area (Å²) in [5.41, 5.74) is 6.65. The third-order valence-electron chi connectivity index (χ3n) is 2.38. The third kappa shape index (κ3) is 4.85. The molecule has 0 bridgehead atoms. The Bertz CT molecular complexity index is 391. The first-order chi connectivity index (χ1) is 8.29. The number of hydrogen-bond donors (Lipinski definition) is 2. The maximum Gasteiger partial charge on any atom is 0.243 e. The topological polar surface area (TPSA) is 64.3 Å². The lowest BCUT2D eigenvalue weighted by Gasteiger charge is -2.17. The Balaban J connectivity index is 2.58. The molecule has 0 aliphatic rings. The summed E-state index contributed by atoms with van der Waals surface area (Å²) in [7, 11) is 0. The maximum atomic E-state index is 11.7. The van der Waals surface area contributed by atoms with Gasteiger partial charge in [-0.2, -0.15) is 0 Å². The quantitative estimate of drug-likeness (QED) is 0.842. The molecule has 0 fully saturated rings. The first-order valence-electron chi connectivity index (χ1n) is 6.10. The van der Waals surface area contributed by atoms with E-state index in [1.54, 1.807) is 13.8 Å². The molecule has 1 amide bonds. The fraction of sp³-hybridized carbons (Fsp3) is 0.500. The molecular formula is C14H22N2O2. The zero-order chi connectivity index (χ0) is 13.8. The molecule has 0 aromatic heterocycles. The summed E-state index contributed by atoms with van der Waals surface area (Å²) in [6.07, 6.45) is 0.211. The molecule has 3 N–H and O–H groups in total. The molecule has 0 radical (unpaired) electrons. The van der Waals surface area contributed by atoms with E-state index >= 15 is 0 Å². The largest absolute Gasteiger partial charge is 0.374 e. The van der Waals surface area contributed by atoms with Gasteiger partial charge in [-0.3, -0.25) is 4.79 Å². The van der Waals surface area contributed by atoms with E-state index in [9.17, 15) is 4.79 Å². The lowest BCUT2D eigenvalue weighted by atomic mass is 10.1. The van der Waals surface area contributed by atoms with Crippen molar-refractivity contribution in [1.29, 1.82) is 0 Å². The summed E-state index contributed by atoms with van der Waals surface area (Å²) < 4.78 is 5.50. The van der Waals surface area contributed by atoms with Gasteiger partial charge in [0.15, 0.2) is 0 Å². The Morgan fingerprint density at radius 2 is 1.89 bits per heavy atom. The van der Waals surface area contributed by atoms with Crippen molar-refractivity contribution in [3.05, 3.63) is 29.8 Å². The molecule has 0 spiro atoms. The van der Waals surface area contributed by atoms with E-state index in [0.29, 0.717) is 6.61 Å². The Kier molecular flexibility index (Phi) is 4.87. The van der Waals surface area contributed by atoms with Gasteiger partial charge in [0.25, 0.3) is 0 Å². The second-order valence-corrected chi connectivity index (χ2v) is 5.23. The van der Waals surface area contributed by atoms with Crippen LogP contribution >= 0.6 is 0 Å². The van der Waals surface area contributed by atoms with Crippen LogP contribution in [-0.2, 0) is 16.1 Å². The summed E-state index contributed by atoms with van der Waals surface area (Å²) >= 11 is 0. The van der Waals surface area contributed by atoms with Crippen LogP contribution in [0.3, 0.4) is 0 Å². The normalized spacial score (nSPS) is 11.7. The van der Waals surface area contributed by atoms with E-state index in [1.807, 2.05) is 38.1 Å². The van der Waals surface area contributed by atoms with Crippen LogP contribution in [-0.4, -0.2) is 17.6 Å². The number of carbonyl (C=O) groups is 1. The van der Waals surface area contributed by atoms with Crippen molar-refractivity contribution < 1.29 is 9.53 Å². The number of amides is 1. The molecule has 0 aliphatic carbocycles. The number of nitrogens with one attached hydrogen (secondary N) is 1. The van der Waals surface area contributed by atoms with Gasteiger partial charge in [-0.25, -0.2) is 0 Å². The molecule has 0 aliphatic heterocycles. The van der Waals surface area contributed by atoms with Crippen LogP contribution in [0.1, 0.15) is 33.3 Å². The van der Waals surface area contributed by atoms with E-state index in [4.69, 9.17) is 10.5 Å². The molecule has 0 atom stereocenters. The lowest BCUT2D eigenvalue weighted by Crippen LogP contribution is -2.45. The zero-order valence-corrected chi connectivity index (χ0v) is 11.5. The highest BCUT2D eigenvalue weighted by Crippen LogP contribution is 2.12. The van der Waals surface area contributed by atoms with E-state index in [-0.39, 0.29) is 12.0 Å². The summed E-state index contributed by atoms with van der Waals surface area (Å²) in [6, 6.07) is 7.56. The van der Waals surface area contributed by atoms with Gasteiger partial charge in [-0.1, -0.05) is 12.1 Å². The first-order valence-corrected chi connectivity index (χ1v) is 6.10. The maximum absolute atomic E-state index is 11.7. The number of nitrogens with two attached hydrogens (primary N) is 1. The van der Waals surface area contributed by atoms with Crippen molar-refractivity contribution >= 4 is 11.6 Å². The van der Waals surface area contributed by atoms with E-state index in [1.165, 1.54) is 0 Å². The molecule has 4 heteroatoms. The van der Waals surface area contributed by atoms with Crippen LogP contribution in [0.2, 0.25) is 0 Å². The summed E-state index contributed by atoms with van der Waals surface area (Å²) in [5.74, 6) is -0.200. The molecule has 1 aromatic rings. The summed E-state index contributed by atoms with van der Waals surface area (Å²) in [6.45, 7) is 7.92. The second-order valence-electron chi connectivity index (χ2n) is 5.23. The number of rotatable bonds is 5. The highest BCUT2D eigenvalue weighted by Gasteiger charge is 2.21. The predicted molar refractivity (Wildman–Crippen MR) is 73.3 cm³/mol. The summed E-state index contributed by atoms with van der Waals surface area (Å²) in [4.78, 5) is 11.7. The van der Waals surface area contributed by atoms with Crippen molar-refractivity contribution in [3.8, 4) is 0 Å². The van der Waals surface area contributed by atoms with Gasteiger partial charge in [-0.05, 0) is 45.4 Å². The number of ether oxygens (including phenoxy) is 1. The van der Waals surface area contributed by atoms with Gasteiger partial charge >= 0.3 is 0 Å². The average Bonchev–Trinajstić information content (AvgIpc) is 2.26. The monoisotopic (exact) mass is 250 g/mol. The predicted octanol–water partition coefficient (Wildman–Crippen LogP) is 2.29. The van der Waals surface area contributed by atoms with Gasteiger partial charge in [0.05, 0.1) is 18.2 Å². The lowest BCUT2D eigenvalue weighted by molar-refractivity contribution is -0.120. The second kappa shape index (κ2) is 5.98. The van der Waals surface area contributed by atoms with Crippen LogP contribution in [0.25, 0.3) is 0 Å². The Labute approximate surface area is 109 Å². The average molecular weight is 250 g/mol. The van der Waals surface area contributed by atoms with Gasteiger partial charge in [0.1, 0.15) is 0 Å². The van der Waals surface area contributed by atoms with Gasteiger partial charge in [-0.15, -0.1) is 0 Å². The van der Waals surface area contributed by atoms with Gasteiger partial charge in [0, 0.05) is 5.69 Å². The Morgan fingerprint density at radius 1 is 1.33 bits per heavy atom. The van der Waals surface area contributed by atoms with Gasteiger partial charge in [0.2, 0.25) is 5.91 Å². The third-order valence-corrected chi connectivity index (χ3v) is 2.38. The van der Waals surface area contributed by atoms with Crippen molar-refractivity contribution in [2.24, 2.45) is 5.73 Å². The highest BCUT2D eigenvalue weighted by molar-refractivity contribution is 5.97. The Hall–Kier alpha value is -1.39. The van der Waals surface area contributed by atoms with Crippen LogP contribution in [0, 0.1) is 0 Å². The minimum atomic E-state index is -0.876. The SMILES string of the molecule is CC(C)OCc1ccc(NC(=O)C(C)(C)N)cc1. The Morgan fingerprint density at radius 3 is 2.33 bits per heavy atom. The van der Waals surface area contributed by atoms with Crippen LogP contribution in [0.15, 0.2) is 24.3 Å². The number of carbonyl (C=O) groups excluding carboxylic acids is 1. The van der Waals surface area contributed by atoms with Crippen molar-refractivity contribution in [2.75, 3.05) is 5.32 Å². The molecule has 0 saturated carbocycles. The molecule has 0 saturated heterocycles. The zero-order valence-electron chi connectivity index (χ0n) is 11.5. The molecular weight excluding hydrogens is 228 g/mol.